The van der Waals surface area contributed by atoms with Crippen molar-refractivity contribution in [3.05, 3.63) is 0 Å². The predicted molar refractivity (Wildman–Crippen MR) is 70.4 cm³/mol. The molecule has 0 bridgehead atoms. The first kappa shape index (κ1) is 14.4. The number of hydrogen-bond donors (Lipinski definition) is 2. The summed E-state index contributed by atoms with van der Waals surface area (Å²) in [5.74, 6) is -0.532. The third-order valence-corrected chi connectivity index (χ3v) is 4.98. The maximum Gasteiger partial charge on any atom is 0.230 e. The second-order valence-corrected chi connectivity index (χ2v) is 7.03. The molecule has 0 radical (unpaired) electrons. The van der Waals surface area contributed by atoms with E-state index in [1.807, 2.05) is 6.92 Å². The average Bonchev–Trinajstić information content (AvgIpc) is 2.15. The molecule has 1 amide bonds. The van der Waals surface area contributed by atoms with Gasteiger partial charge in [-0.15, -0.1) is 0 Å². The molecule has 2 atom stereocenters. The maximum atomic E-state index is 11.8. The number of rotatable bonds is 4. The van der Waals surface area contributed by atoms with Gasteiger partial charge in [-0.25, -0.2) is 8.42 Å². The standard InChI is InChI=1S/C10H18N2O3S2/c1-2-8(9(11)16)10(13)12-7-4-3-5-17(14,15)6-7/h7-8H,2-6H2,1H3,(H2,11,16)(H,12,13). The third-order valence-electron chi connectivity index (χ3n) is 2.88. The minimum atomic E-state index is -3.01. The van der Waals surface area contributed by atoms with Gasteiger partial charge < -0.3 is 11.1 Å². The molecular formula is C10H18N2O3S2. The Hall–Kier alpha value is -0.690. The smallest absolute Gasteiger partial charge is 0.230 e. The van der Waals surface area contributed by atoms with Crippen LogP contribution in [0.4, 0.5) is 0 Å². The van der Waals surface area contributed by atoms with E-state index in [-0.39, 0.29) is 28.4 Å². The largest absolute Gasteiger partial charge is 0.393 e. The molecule has 0 aromatic carbocycles. The molecule has 7 heteroatoms. The van der Waals surface area contributed by atoms with Crippen molar-refractivity contribution in [3.8, 4) is 0 Å². The van der Waals surface area contributed by atoms with Gasteiger partial charge in [0.25, 0.3) is 0 Å². The summed E-state index contributed by atoms with van der Waals surface area (Å²) in [4.78, 5) is 12.0. The van der Waals surface area contributed by atoms with Crippen molar-refractivity contribution in [2.75, 3.05) is 11.5 Å². The van der Waals surface area contributed by atoms with E-state index in [0.29, 0.717) is 19.3 Å². The number of amides is 1. The number of hydrogen-bond acceptors (Lipinski definition) is 4. The van der Waals surface area contributed by atoms with Crippen LogP contribution in [0.1, 0.15) is 26.2 Å². The molecule has 0 spiro atoms. The number of thiocarbonyl (C=S) groups is 1. The number of nitrogens with one attached hydrogen (secondary N) is 1. The van der Waals surface area contributed by atoms with Gasteiger partial charge in [0.15, 0.2) is 9.84 Å². The van der Waals surface area contributed by atoms with Crippen molar-refractivity contribution >= 4 is 33.0 Å². The zero-order valence-electron chi connectivity index (χ0n) is 9.81. The summed E-state index contributed by atoms with van der Waals surface area (Å²) in [6.45, 7) is 1.82. The Labute approximate surface area is 107 Å². The van der Waals surface area contributed by atoms with Gasteiger partial charge in [-0.05, 0) is 19.3 Å². The molecule has 1 aliphatic heterocycles. The lowest BCUT2D eigenvalue weighted by Gasteiger charge is -2.24. The SMILES string of the molecule is CCC(C(=O)NC1CCCS(=O)(=O)C1)C(N)=S. The van der Waals surface area contributed by atoms with Crippen molar-refractivity contribution < 1.29 is 13.2 Å². The monoisotopic (exact) mass is 278 g/mol. The summed E-state index contributed by atoms with van der Waals surface area (Å²) in [6.07, 6.45) is 1.82. The van der Waals surface area contributed by atoms with Crippen molar-refractivity contribution in [2.45, 2.75) is 32.2 Å². The van der Waals surface area contributed by atoms with Crippen LogP contribution in [0.25, 0.3) is 0 Å². The molecular weight excluding hydrogens is 260 g/mol. The van der Waals surface area contributed by atoms with Crippen LogP contribution in [0, 0.1) is 5.92 Å². The highest BCUT2D eigenvalue weighted by Gasteiger charge is 2.28. The molecule has 1 saturated heterocycles. The fourth-order valence-electron chi connectivity index (χ4n) is 1.95. The summed E-state index contributed by atoms with van der Waals surface area (Å²) < 4.78 is 22.8. The van der Waals surface area contributed by atoms with Crippen molar-refractivity contribution in [1.29, 1.82) is 0 Å². The quantitative estimate of drug-likeness (QED) is 0.706. The third kappa shape index (κ3) is 4.23. The number of carbonyl (C=O) groups is 1. The fourth-order valence-corrected chi connectivity index (χ4v) is 3.86. The first-order valence-electron chi connectivity index (χ1n) is 5.66. The summed E-state index contributed by atoms with van der Waals surface area (Å²) in [5.41, 5.74) is 5.46. The van der Waals surface area contributed by atoms with Gasteiger partial charge in [0.2, 0.25) is 5.91 Å². The molecule has 2 unspecified atom stereocenters. The molecule has 98 valence electrons. The van der Waals surface area contributed by atoms with Crippen LogP contribution in [-0.4, -0.2) is 36.9 Å². The lowest BCUT2D eigenvalue weighted by Crippen LogP contribution is -2.47. The first-order chi connectivity index (χ1) is 7.85. The normalized spacial score (nSPS) is 24.9. The highest BCUT2D eigenvalue weighted by molar-refractivity contribution is 7.91. The predicted octanol–water partition coefficient (Wildman–Crippen LogP) is -0.00790. The molecule has 0 aromatic heterocycles. The average molecular weight is 278 g/mol. The molecule has 3 N–H and O–H groups in total. The highest BCUT2D eigenvalue weighted by atomic mass is 32.2. The Morgan fingerprint density at radius 2 is 2.24 bits per heavy atom. The lowest BCUT2D eigenvalue weighted by atomic mass is 10.0. The molecule has 5 nitrogen and oxygen atoms in total. The van der Waals surface area contributed by atoms with Crippen molar-refractivity contribution in [3.63, 3.8) is 0 Å². The molecule has 0 aromatic rings. The van der Waals surface area contributed by atoms with Crippen LogP contribution in [0.3, 0.4) is 0 Å². The molecule has 1 aliphatic rings. The maximum absolute atomic E-state index is 11.8. The fraction of sp³-hybridized carbons (Fsp3) is 0.800. The van der Waals surface area contributed by atoms with E-state index < -0.39 is 15.8 Å². The molecule has 1 fully saturated rings. The summed E-state index contributed by atoms with van der Waals surface area (Å²) >= 11 is 4.80. The minimum Gasteiger partial charge on any atom is -0.393 e. The van der Waals surface area contributed by atoms with E-state index >= 15 is 0 Å². The van der Waals surface area contributed by atoms with Crippen molar-refractivity contribution in [1.82, 2.24) is 5.32 Å². The van der Waals surface area contributed by atoms with Crippen molar-refractivity contribution in [2.24, 2.45) is 11.7 Å². The highest BCUT2D eigenvalue weighted by Crippen LogP contribution is 2.13. The Bertz CT molecular complexity index is 406. The van der Waals surface area contributed by atoms with Crippen LogP contribution < -0.4 is 11.1 Å². The van der Waals surface area contributed by atoms with Crippen LogP contribution in [0.2, 0.25) is 0 Å². The van der Waals surface area contributed by atoms with E-state index in [4.69, 9.17) is 18.0 Å². The van der Waals surface area contributed by atoms with E-state index in [9.17, 15) is 13.2 Å². The number of nitrogens with two attached hydrogens (primary N) is 1. The van der Waals surface area contributed by atoms with Gasteiger partial charge in [-0.2, -0.15) is 0 Å². The topological polar surface area (TPSA) is 89.3 Å². The first-order valence-corrected chi connectivity index (χ1v) is 7.89. The number of sulfone groups is 1. The summed E-state index contributed by atoms with van der Waals surface area (Å²) in [6, 6.07) is -0.301. The summed E-state index contributed by atoms with van der Waals surface area (Å²) in [7, 11) is -3.01. The zero-order chi connectivity index (χ0) is 13.1. The van der Waals surface area contributed by atoms with Crippen LogP contribution in [0.15, 0.2) is 0 Å². The number of carbonyl (C=O) groups excluding carboxylic acids is 1. The zero-order valence-corrected chi connectivity index (χ0v) is 11.4. The van der Waals surface area contributed by atoms with E-state index in [1.165, 1.54) is 0 Å². The van der Waals surface area contributed by atoms with Gasteiger partial charge in [-0.3, -0.25) is 4.79 Å². The molecule has 17 heavy (non-hydrogen) atoms. The van der Waals surface area contributed by atoms with Crippen LogP contribution in [-0.2, 0) is 14.6 Å². The second kappa shape index (κ2) is 5.77. The Morgan fingerprint density at radius 1 is 1.59 bits per heavy atom. The lowest BCUT2D eigenvalue weighted by molar-refractivity contribution is -0.123. The molecule has 0 aliphatic carbocycles. The second-order valence-electron chi connectivity index (χ2n) is 4.33. The Morgan fingerprint density at radius 3 is 2.71 bits per heavy atom. The Kier molecular flexibility index (Phi) is 4.88. The van der Waals surface area contributed by atoms with Gasteiger partial charge in [0, 0.05) is 6.04 Å². The van der Waals surface area contributed by atoms with Gasteiger partial charge in [0.1, 0.15) is 0 Å². The summed E-state index contributed by atoms with van der Waals surface area (Å²) in [5, 5.41) is 2.72. The van der Waals surface area contributed by atoms with Crippen LogP contribution >= 0.6 is 12.2 Å². The van der Waals surface area contributed by atoms with E-state index in [1.54, 1.807) is 0 Å². The molecule has 1 heterocycles. The van der Waals surface area contributed by atoms with Gasteiger partial charge >= 0.3 is 0 Å². The molecule has 0 saturated carbocycles. The molecule has 1 rings (SSSR count). The Balaban J connectivity index is 2.59. The van der Waals surface area contributed by atoms with Crippen LogP contribution in [0.5, 0.6) is 0 Å². The van der Waals surface area contributed by atoms with E-state index in [0.717, 1.165) is 0 Å². The minimum absolute atomic E-state index is 0.0203. The van der Waals surface area contributed by atoms with Gasteiger partial charge in [0.05, 0.1) is 22.4 Å². The van der Waals surface area contributed by atoms with Gasteiger partial charge in [-0.1, -0.05) is 19.1 Å². The van der Waals surface area contributed by atoms with E-state index in [2.05, 4.69) is 5.32 Å².